The Morgan fingerprint density at radius 3 is 2.32 bits per heavy atom. The van der Waals surface area contributed by atoms with Gasteiger partial charge in [-0.2, -0.15) is 5.26 Å². The first kappa shape index (κ1) is 25.6. The van der Waals surface area contributed by atoms with Gasteiger partial charge in [0.25, 0.3) is 5.91 Å². The van der Waals surface area contributed by atoms with Crippen LogP contribution in [0.2, 0.25) is 15.1 Å². The smallest absolute Gasteiger partial charge is 0.266 e. The molecule has 0 heterocycles. The summed E-state index contributed by atoms with van der Waals surface area (Å²) < 4.78 is 5.86. The van der Waals surface area contributed by atoms with Crippen molar-refractivity contribution in [2.75, 3.05) is 11.9 Å². The number of halogens is 3. The number of aryl methyl sites for hydroxylation is 2. The summed E-state index contributed by atoms with van der Waals surface area (Å²) in [5.74, 6) is 0.0388. The van der Waals surface area contributed by atoms with E-state index in [-0.39, 0.29) is 5.57 Å². The molecule has 0 aliphatic carbocycles. The van der Waals surface area contributed by atoms with Crippen LogP contribution in [0.5, 0.6) is 5.75 Å². The van der Waals surface area contributed by atoms with Gasteiger partial charge in [-0.1, -0.05) is 64.1 Å². The molecule has 0 fully saturated rings. The van der Waals surface area contributed by atoms with Crippen LogP contribution in [0.1, 0.15) is 34.7 Å². The molecule has 0 unspecified atom stereocenters. The molecule has 1 N–H and O–H groups in total. The molecule has 4 nitrogen and oxygen atoms in total. The molecular formula is C27H23Cl3N2O2. The standard InChI is InChI=1S/C27H23Cl3N2O2/c1-4-34-26-13-19(12-24(29)22(26)11-18-8-16(2)7-17(3)9-18)10-20(15-31)27(33)32-21-5-6-23(28)25(30)14-21/h5-10,12-14H,4,11H2,1-3H3,(H,32,33)/b20-10+. The van der Waals surface area contributed by atoms with Gasteiger partial charge in [0.15, 0.2) is 0 Å². The molecule has 34 heavy (non-hydrogen) atoms. The van der Waals surface area contributed by atoms with Gasteiger partial charge in [0, 0.05) is 22.7 Å². The summed E-state index contributed by atoms with van der Waals surface area (Å²) in [5.41, 5.74) is 5.25. The first-order chi connectivity index (χ1) is 16.2. The highest BCUT2D eigenvalue weighted by Crippen LogP contribution is 2.32. The van der Waals surface area contributed by atoms with Gasteiger partial charge in [-0.25, -0.2) is 0 Å². The molecule has 3 rings (SSSR count). The maximum absolute atomic E-state index is 12.7. The first-order valence-electron chi connectivity index (χ1n) is 10.6. The van der Waals surface area contributed by atoms with Gasteiger partial charge in [-0.05, 0) is 68.3 Å². The fraction of sp³-hybridized carbons (Fsp3) is 0.185. The van der Waals surface area contributed by atoms with Crippen molar-refractivity contribution in [2.24, 2.45) is 0 Å². The van der Waals surface area contributed by atoms with Crippen LogP contribution in [-0.4, -0.2) is 12.5 Å². The maximum atomic E-state index is 12.7. The molecule has 7 heteroatoms. The molecule has 0 aliphatic rings. The molecule has 0 saturated heterocycles. The monoisotopic (exact) mass is 512 g/mol. The van der Waals surface area contributed by atoms with Crippen LogP contribution >= 0.6 is 34.8 Å². The Balaban J connectivity index is 1.92. The van der Waals surface area contributed by atoms with Crippen molar-refractivity contribution in [3.63, 3.8) is 0 Å². The van der Waals surface area contributed by atoms with Crippen LogP contribution in [0, 0.1) is 25.2 Å². The Morgan fingerprint density at radius 1 is 1.00 bits per heavy atom. The van der Waals surface area contributed by atoms with Crippen molar-refractivity contribution >= 4 is 52.5 Å². The van der Waals surface area contributed by atoms with E-state index in [0.29, 0.717) is 45.1 Å². The van der Waals surface area contributed by atoms with Crippen molar-refractivity contribution in [2.45, 2.75) is 27.2 Å². The molecule has 0 bridgehead atoms. The van der Waals surface area contributed by atoms with E-state index in [9.17, 15) is 10.1 Å². The van der Waals surface area contributed by atoms with Crippen LogP contribution in [0.25, 0.3) is 6.08 Å². The Hall–Kier alpha value is -2.97. The lowest BCUT2D eigenvalue weighted by Gasteiger charge is -2.14. The number of amides is 1. The lowest BCUT2D eigenvalue weighted by molar-refractivity contribution is -0.112. The topological polar surface area (TPSA) is 62.1 Å². The molecule has 1 amide bonds. The number of benzene rings is 3. The van der Waals surface area contributed by atoms with Gasteiger partial charge < -0.3 is 10.1 Å². The third kappa shape index (κ3) is 6.55. The zero-order valence-electron chi connectivity index (χ0n) is 19.0. The average molecular weight is 514 g/mol. The summed E-state index contributed by atoms with van der Waals surface area (Å²) in [4.78, 5) is 12.7. The highest BCUT2D eigenvalue weighted by molar-refractivity contribution is 6.42. The minimum Gasteiger partial charge on any atom is -0.494 e. The number of carbonyl (C=O) groups is 1. The molecule has 0 radical (unpaired) electrons. The van der Waals surface area contributed by atoms with Gasteiger partial charge in [-0.3, -0.25) is 4.79 Å². The summed E-state index contributed by atoms with van der Waals surface area (Å²) >= 11 is 18.6. The van der Waals surface area contributed by atoms with Crippen LogP contribution in [-0.2, 0) is 11.2 Å². The summed E-state index contributed by atoms with van der Waals surface area (Å²) in [6.07, 6.45) is 2.07. The Bertz CT molecular complexity index is 1290. The highest BCUT2D eigenvalue weighted by atomic mass is 35.5. The fourth-order valence-corrected chi connectivity index (χ4v) is 4.22. The van der Waals surface area contributed by atoms with E-state index >= 15 is 0 Å². The van der Waals surface area contributed by atoms with Crippen molar-refractivity contribution in [1.29, 1.82) is 5.26 Å². The third-order valence-corrected chi connectivity index (χ3v) is 6.07. The quantitative estimate of drug-likeness (QED) is 0.259. The second kappa shape index (κ2) is 11.4. The Kier molecular flexibility index (Phi) is 8.63. The molecule has 0 aromatic heterocycles. The molecule has 0 spiro atoms. The SMILES string of the molecule is CCOc1cc(/C=C(\C#N)C(=O)Nc2ccc(Cl)c(Cl)c2)cc(Cl)c1Cc1cc(C)cc(C)c1. The minimum absolute atomic E-state index is 0.0911. The summed E-state index contributed by atoms with van der Waals surface area (Å²) in [6, 6.07) is 16.5. The van der Waals surface area contributed by atoms with Crippen molar-refractivity contribution in [1.82, 2.24) is 0 Å². The fourth-order valence-electron chi connectivity index (χ4n) is 3.63. The Labute approximate surface area is 214 Å². The maximum Gasteiger partial charge on any atom is 0.266 e. The number of nitriles is 1. The molecule has 3 aromatic rings. The van der Waals surface area contributed by atoms with Crippen LogP contribution in [0.4, 0.5) is 5.69 Å². The largest absolute Gasteiger partial charge is 0.494 e. The Morgan fingerprint density at radius 2 is 1.71 bits per heavy atom. The summed E-state index contributed by atoms with van der Waals surface area (Å²) in [6.45, 7) is 6.46. The van der Waals surface area contributed by atoms with Crippen LogP contribution < -0.4 is 10.1 Å². The normalized spacial score (nSPS) is 11.1. The number of hydrogen-bond donors (Lipinski definition) is 1. The van der Waals surface area contributed by atoms with Gasteiger partial charge >= 0.3 is 0 Å². The van der Waals surface area contributed by atoms with E-state index in [1.54, 1.807) is 24.3 Å². The van der Waals surface area contributed by atoms with Crippen LogP contribution in [0.3, 0.4) is 0 Å². The van der Waals surface area contributed by atoms with E-state index in [0.717, 1.165) is 11.1 Å². The summed E-state index contributed by atoms with van der Waals surface area (Å²) in [7, 11) is 0. The number of anilines is 1. The van der Waals surface area contributed by atoms with Gasteiger partial charge in [0.05, 0.1) is 16.7 Å². The molecule has 174 valence electrons. The average Bonchev–Trinajstić information content (AvgIpc) is 2.76. The highest BCUT2D eigenvalue weighted by Gasteiger charge is 2.15. The number of rotatable bonds is 7. The van der Waals surface area contributed by atoms with E-state index in [1.165, 1.54) is 23.3 Å². The van der Waals surface area contributed by atoms with Gasteiger partial charge in [0.2, 0.25) is 0 Å². The minimum atomic E-state index is -0.575. The second-order valence-electron chi connectivity index (χ2n) is 7.84. The molecule has 0 saturated carbocycles. The zero-order chi connectivity index (χ0) is 24.8. The van der Waals surface area contributed by atoms with Gasteiger partial charge in [-0.15, -0.1) is 0 Å². The molecule has 0 atom stereocenters. The van der Waals surface area contributed by atoms with Gasteiger partial charge in [0.1, 0.15) is 17.4 Å². The third-order valence-electron chi connectivity index (χ3n) is 4.99. The van der Waals surface area contributed by atoms with E-state index < -0.39 is 5.91 Å². The zero-order valence-corrected chi connectivity index (χ0v) is 21.3. The van der Waals surface area contributed by atoms with Crippen molar-refractivity contribution in [3.05, 3.63) is 97.0 Å². The van der Waals surface area contributed by atoms with Crippen molar-refractivity contribution < 1.29 is 9.53 Å². The first-order valence-corrected chi connectivity index (χ1v) is 11.7. The number of nitrogens with zero attached hydrogens (tertiary/aromatic N) is 1. The van der Waals surface area contributed by atoms with Crippen molar-refractivity contribution in [3.8, 4) is 11.8 Å². The number of hydrogen-bond acceptors (Lipinski definition) is 3. The predicted molar refractivity (Wildman–Crippen MR) is 140 cm³/mol. The number of nitrogens with one attached hydrogen (secondary N) is 1. The van der Waals surface area contributed by atoms with Crippen LogP contribution in [0.15, 0.2) is 54.1 Å². The molecular weight excluding hydrogens is 491 g/mol. The lowest BCUT2D eigenvalue weighted by atomic mass is 9.98. The second-order valence-corrected chi connectivity index (χ2v) is 9.06. The number of ether oxygens (including phenoxy) is 1. The molecule has 3 aromatic carbocycles. The molecule has 0 aliphatic heterocycles. The van der Waals surface area contributed by atoms with E-state index in [2.05, 4.69) is 37.4 Å². The lowest BCUT2D eigenvalue weighted by Crippen LogP contribution is -2.13. The summed E-state index contributed by atoms with van der Waals surface area (Å²) in [5, 5.41) is 13.4. The van der Waals surface area contributed by atoms with E-state index in [4.69, 9.17) is 39.5 Å². The van der Waals surface area contributed by atoms with E-state index in [1.807, 2.05) is 13.0 Å². The number of carbonyl (C=O) groups excluding carboxylic acids is 1. The predicted octanol–water partition coefficient (Wildman–Crippen LogP) is 7.80.